The molecule has 1 aromatic carbocycles. The van der Waals surface area contributed by atoms with Crippen molar-refractivity contribution in [1.82, 2.24) is 10.2 Å². The van der Waals surface area contributed by atoms with Gasteiger partial charge >= 0.3 is 0 Å². The van der Waals surface area contributed by atoms with Gasteiger partial charge < -0.3 is 10.2 Å². The molecule has 0 unspecified atom stereocenters. The molecule has 6 heteroatoms. The van der Waals surface area contributed by atoms with Crippen LogP contribution in [0.4, 0.5) is 0 Å². The van der Waals surface area contributed by atoms with Crippen LogP contribution in [0, 0.1) is 0 Å². The molecule has 0 radical (unpaired) electrons. The van der Waals surface area contributed by atoms with Crippen LogP contribution >= 0.6 is 0 Å². The van der Waals surface area contributed by atoms with E-state index in [0.29, 0.717) is 4.90 Å². The molecule has 2 aliphatic rings. The van der Waals surface area contributed by atoms with Gasteiger partial charge in [0.15, 0.2) is 9.84 Å². The largest absolute Gasteiger partial charge is 0.351 e. The summed E-state index contributed by atoms with van der Waals surface area (Å²) >= 11 is 0. The van der Waals surface area contributed by atoms with Crippen molar-refractivity contribution in [2.24, 2.45) is 0 Å². The van der Waals surface area contributed by atoms with Gasteiger partial charge in [-0.3, -0.25) is 4.79 Å². The van der Waals surface area contributed by atoms with Crippen LogP contribution in [0.3, 0.4) is 0 Å². The van der Waals surface area contributed by atoms with Gasteiger partial charge in [-0.05, 0) is 50.6 Å². The van der Waals surface area contributed by atoms with E-state index in [4.69, 9.17) is 0 Å². The van der Waals surface area contributed by atoms with E-state index < -0.39 is 15.3 Å². The highest BCUT2D eigenvalue weighted by Crippen LogP contribution is 2.44. The fourth-order valence-electron chi connectivity index (χ4n) is 3.57. The zero-order valence-electron chi connectivity index (χ0n) is 13.7. The first-order chi connectivity index (χ1) is 10.8. The number of nitrogens with one attached hydrogen (secondary N) is 1. The molecule has 1 heterocycles. The fraction of sp³-hybridized carbons (Fsp3) is 0.588. The lowest BCUT2D eigenvalue weighted by molar-refractivity contribution is -0.130. The van der Waals surface area contributed by atoms with E-state index in [-0.39, 0.29) is 11.9 Å². The average Bonchev–Trinajstić information content (AvgIpc) is 2.82. The third kappa shape index (κ3) is 3.15. The molecule has 2 fully saturated rings. The normalized spacial score (nSPS) is 24.2. The van der Waals surface area contributed by atoms with E-state index >= 15 is 0 Å². The van der Waals surface area contributed by atoms with Crippen molar-refractivity contribution in [3.05, 3.63) is 29.8 Å². The maximum atomic E-state index is 12.8. The van der Waals surface area contributed by atoms with Crippen molar-refractivity contribution in [1.29, 1.82) is 0 Å². The number of amides is 1. The lowest BCUT2D eigenvalue weighted by Crippen LogP contribution is -2.52. The van der Waals surface area contributed by atoms with Crippen molar-refractivity contribution >= 4 is 15.7 Å². The molecule has 1 saturated heterocycles. The third-order valence-electron chi connectivity index (χ3n) is 5.20. The first-order valence-corrected chi connectivity index (χ1v) is 10.0. The number of rotatable bonds is 4. The first kappa shape index (κ1) is 16.5. The Morgan fingerprint density at radius 1 is 1.26 bits per heavy atom. The number of benzene rings is 1. The summed E-state index contributed by atoms with van der Waals surface area (Å²) in [5.41, 5.74) is 0.456. The average molecular weight is 336 g/mol. The maximum Gasteiger partial charge on any atom is 0.230 e. The van der Waals surface area contributed by atoms with Gasteiger partial charge in [-0.25, -0.2) is 8.42 Å². The van der Waals surface area contributed by atoms with Crippen molar-refractivity contribution in [2.45, 2.75) is 42.0 Å². The summed E-state index contributed by atoms with van der Waals surface area (Å²) in [7, 11) is -1.14. The molecule has 0 bridgehead atoms. The lowest BCUT2D eigenvalue weighted by atomic mass is 9.63. The van der Waals surface area contributed by atoms with E-state index in [1.54, 1.807) is 24.3 Å². The minimum atomic E-state index is -3.20. The summed E-state index contributed by atoms with van der Waals surface area (Å²) < 4.78 is 23.2. The Bertz CT molecular complexity index is 693. The summed E-state index contributed by atoms with van der Waals surface area (Å²) in [5.74, 6) is 0.0937. The molecular formula is C17H24N2O3S. The molecule has 0 aromatic heterocycles. The molecule has 1 atom stereocenters. The number of hydrogen-bond acceptors (Lipinski definition) is 4. The minimum absolute atomic E-state index is 0.0937. The molecule has 3 rings (SSSR count). The topological polar surface area (TPSA) is 66.5 Å². The van der Waals surface area contributed by atoms with Crippen LogP contribution in [0.2, 0.25) is 0 Å². The molecule has 1 aromatic rings. The number of sulfone groups is 1. The number of nitrogens with zero attached hydrogens (tertiary/aromatic N) is 1. The Labute approximate surface area is 138 Å². The predicted molar refractivity (Wildman–Crippen MR) is 89.1 cm³/mol. The number of hydrogen-bond donors (Lipinski definition) is 1. The molecule has 1 aliphatic heterocycles. The van der Waals surface area contributed by atoms with Gasteiger partial charge in [0.25, 0.3) is 0 Å². The van der Waals surface area contributed by atoms with E-state index in [1.165, 1.54) is 6.26 Å². The monoisotopic (exact) mass is 336 g/mol. The minimum Gasteiger partial charge on any atom is -0.351 e. The lowest BCUT2D eigenvalue weighted by Gasteiger charge is -2.41. The van der Waals surface area contributed by atoms with Crippen LogP contribution in [-0.4, -0.2) is 51.7 Å². The molecule has 1 amide bonds. The SMILES string of the molecule is CN1CC[C@H](NC(=O)C2(c3ccc(S(C)(=O)=O)cc3)CCC2)C1. The van der Waals surface area contributed by atoms with Crippen molar-refractivity contribution < 1.29 is 13.2 Å². The molecule has 23 heavy (non-hydrogen) atoms. The van der Waals surface area contributed by atoms with Gasteiger partial charge in [0, 0.05) is 18.8 Å². The quantitative estimate of drug-likeness (QED) is 0.901. The van der Waals surface area contributed by atoms with Crippen LogP contribution in [0.15, 0.2) is 29.2 Å². The van der Waals surface area contributed by atoms with Crippen molar-refractivity contribution in [2.75, 3.05) is 26.4 Å². The van der Waals surface area contributed by atoms with E-state index in [0.717, 1.165) is 44.3 Å². The molecule has 1 aliphatic carbocycles. The highest BCUT2D eigenvalue weighted by molar-refractivity contribution is 7.90. The van der Waals surface area contributed by atoms with Crippen LogP contribution in [0.1, 0.15) is 31.2 Å². The highest BCUT2D eigenvalue weighted by Gasteiger charge is 2.46. The number of likely N-dealkylation sites (tertiary alicyclic amines) is 1. The summed E-state index contributed by atoms with van der Waals surface area (Å²) in [6.45, 7) is 1.91. The number of likely N-dealkylation sites (N-methyl/N-ethyl adjacent to an activating group) is 1. The second-order valence-electron chi connectivity index (χ2n) is 6.95. The van der Waals surface area contributed by atoms with Gasteiger partial charge in [0.1, 0.15) is 0 Å². The Hall–Kier alpha value is -1.40. The van der Waals surface area contributed by atoms with Crippen LogP contribution < -0.4 is 5.32 Å². The highest BCUT2D eigenvalue weighted by atomic mass is 32.2. The number of carbonyl (C=O) groups excluding carboxylic acids is 1. The summed E-state index contributed by atoms with van der Waals surface area (Å²) in [6.07, 6.45) is 4.89. The van der Waals surface area contributed by atoms with Gasteiger partial charge in [-0.15, -0.1) is 0 Å². The van der Waals surface area contributed by atoms with Gasteiger partial charge in [-0.1, -0.05) is 18.6 Å². The van der Waals surface area contributed by atoms with Gasteiger partial charge in [0.05, 0.1) is 10.3 Å². The fourth-order valence-corrected chi connectivity index (χ4v) is 4.21. The van der Waals surface area contributed by atoms with Crippen molar-refractivity contribution in [3.8, 4) is 0 Å². The van der Waals surface area contributed by atoms with E-state index in [9.17, 15) is 13.2 Å². The van der Waals surface area contributed by atoms with Crippen molar-refractivity contribution in [3.63, 3.8) is 0 Å². The summed E-state index contributed by atoms with van der Waals surface area (Å²) in [6, 6.07) is 7.05. The molecule has 1 N–H and O–H groups in total. The Balaban J connectivity index is 1.79. The van der Waals surface area contributed by atoms with E-state index in [2.05, 4.69) is 17.3 Å². The zero-order chi connectivity index (χ0) is 16.7. The Morgan fingerprint density at radius 2 is 1.91 bits per heavy atom. The standard InChI is InChI=1S/C17H24N2O3S/c1-19-11-8-14(12-19)18-16(20)17(9-3-10-17)13-4-6-15(7-5-13)23(2,21)22/h4-7,14H,3,8-12H2,1-2H3,(H,18,20)/t14-/m0/s1. The third-order valence-corrected chi connectivity index (χ3v) is 6.33. The summed E-state index contributed by atoms with van der Waals surface area (Å²) in [4.78, 5) is 15.4. The Kier molecular flexibility index (Phi) is 4.23. The molecule has 126 valence electrons. The smallest absolute Gasteiger partial charge is 0.230 e. The molecule has 1 saturated carbocycles. The number of carbonyl (C=O) groups is 1. The second kappa shape index (κ2) is 5.91. The Morgan fingerprint density at radius 3 is 2.35 bits per heavy atom. The predicted octanol–water partition coefficient (Wildman–Crippen LogP) is 1.33. The first-order valence-electron chi connectivity index (χ1n) is 8.11. The summed E-state index contributed by atoms with van der Waals surface area (Å²) in [5, 5.41) is 3.20. The second-order valence-corrected chi connectivity index (χ2v) is 8.97. The van der Waals surface area contributed by atoms with Crippen LogP contribution in [0.25, 0.3) is 0 Å². The van der Waals surface area contributed by atoms with E-state index in [1.807, 2.05) is 0 Å². The molecule has 0 spiro atoms. The molecule has 5 nitrogen and oxygen atoms in total. The van der Waals surface area contributed by atoms with Crippen LogP contribution in [0.5, 0.6) is 0 Å². The maximum absolute atomic E-state index is 12.8. The van der Waals surface area contributed by atoms with Crippen LogP contribution in [-0.2, 0) is 20.0 Å². The zero-order valence-corrected chi connectivity index (χ0v) is 14.5. The van der Waals surface area contributed by atoms with Gasteiger partial charge in [-0.2, -0.15) is 0 Å². The van der Waals surface area contributed by atoms with Gasteiger partial charge in [0.2, 0.25) is 5.91 Å². The molecular weight excluding hydrogens is 312 g/mol.